The van der Waals surface area contributed by atoms with Crippen molar-refractivity contribution in [3.05, 3.63) is 24.0 Å². The first-order valence-electron chi connectivity index (χ1n) is 4.98. The van der Waals surface area contributed by atoms with Gasteiger partial charge < -0.3 is 9.88 Å². The molecule has 2 rings (SSSR count). The Morgan fingerprint density at radius 2 is 2.27 bits per heavy atom. The summed E-state index contributed by atoms with van der Waals surface area (Å²) in [5.74, 6) is 0.0238. The minimum absolute atomic E-state index is 0.101. The second kappa shape index (κ2) is 3.22. The van der Waals surface area contributed by atoms with Crippen molar-refractivity contribution in [3.8, 4) is 0 Å². The van der Waals surface area contributed by atoms with Crippen LogP contribution in [0.1, 0.15) is 30.8 Å². The van der Waals surface area contributed by atoms with Gasteiger partial charge in [-0.2, -0.15) is 0 Å². The zero-order chi connectivity index (χ0) is 11.1. The maximum Gasteiger partial charge on any atom is 0.271 e. The van der Waals surface area contributed by atoms with Gasteiger partial charge in [0.1, 0.15) is 5.69 Å². The highest BCUT2D eigenvalue weighted by Gasteiger charge is 2.40. The molecule has 0 aromatic carbocycles. The molecule has 1 saturated heterocycles. The third-order valence-electron chi connectivity index (χ3n) is 2.77. The fourth-order valence-corrected chi connectivity index (χ4v) is 1.98. The normalized spacial score (nSPS) is 19.6. The summed E-state index contributed by atoms with van der Waals surface area (Å²) in [4.78, 5) is 27.8. The van der Waals surface area contributed by atoms with Crippen LogP contribution < -0.4 is 0 Å². The van der Waals surface area contributed by atoms with Crippen LogP contribution in [0.15, 0.2) is 18.3 Å². The standard InChI is InChI=1S/C11H14N2O2/c1-11(2)6-8(14)7-13(11)10(15)9-4-3-5-12-9/h3-5,12H,6-7H2,1-2H3. The van der Waals surface area contributed by atoms with Gasteiger partial charge in [0, 0.05) is 18.2 Å². The highest BCUT2D eigenvalue weighted by atomic mass is 16.2. The van der Waals surface area contributed by atoms with Crippen molar-refractivity contribution in [2.24, 2.45) is 0 Å². The summed E-state index contributed by atoms with van der Waals surface area (Å²) < 4.78 is 0. The zero-order valence-corrected chi connectivity index (χ0v) is 8.91. The highest BCUT2D eigenvalue weighted by Crippen LogP contribution is 2.27. The van der Waals surface area contributed by atoms with E-state index in [0.29, 0.717) is 12.1 Å². The van der Waals surface area contributed by atoms with E-state index in [9.17, 15) is 9.59 Å². The lowest BCUT2D eigenvalue weighted by Crippen LogP contribution is -2.42. The monoisotopic (exact) mass is 206 g/mol. The van der Waals surface area contributed by atoms with Gasteiger partial charge in [-0.25, -0.2) is 0 Å². The largest absolute Gasteiger partial charge is 0.357 e. The van der Waals surface area contributed by atoms with Gasteiger partial charge in [-0.05, 0) is 26.0 Å². The van der Waals surface area contributed by atoms with Gasteiger partial charge >= 0.3 is 0 Å². The number of likely N-dealkylation sites (tertiary alicyclic amines) is 1. The molecule has 1 N–H and O–H groups in total. The lowest BCUT2D eigenvalue weighted by atomic mass is 10.0. The minimum atomic E-state index is -0.362. The second-order valence-corrected chi connectivity index (χ2v) is 4.50. The van der Waals surface area contributed by atoms with Crippen LogP contribution in [0.25, 0.3) is 0 Å². The van der Waals surface area contributed by atoms with Gasteiger partial charge in [0.25, 0.3) is 5.91 Å². The average molecular weight is 206 g/mol. The maximum absolute atomic E-state index is 12.0. The molecule has 0 atom stereocenters. The average Bonchev–Trinajstić information content (AvgIpc) is 2.71. The molecule has 0 spiro atoms. The number of hydrogen-bond acceptors (Lipinski definition) is 2. The second-order valence-electron chi connectivity index (χ2n) is 4.50. The lowest BCUT2D eigenvalue weighted by molar-refractivity contribution is -0.116. The van der Waals surface area contributed by atoms with Crippen LogP contribution in [0.3, 0.4) is 0 Å². The fourth-order valence-electron chi connectivity index (χ4n) is 1.98. The molecule has 1 aromatic heterocycles. The van der Waals surface area contributed by atoms with Crippen LogP contribution >= 0.6 is 0 Å². The van der Waals surface area contributed by atoms with E-state index in [1.165, 1.54) is 0 Å². The molecule has 80 valence electrons. The van der Waals surface area contributed by atoms with Crippen molar-refractivity contribution in [2.75, 3.05) is 6.54 Å². The van der Waals surface area contributed by atoms with E-state index in [2.05, 4.69) is 4.98 Å². The molecular weight excluding hydrogens is 192 g/mol. The minimum Gasteiger partial charge on any atom is -0.357 e. The van der Waals surface area contributed by atoms with Gasteiger partial charge in [0.2, 0.25) is 0 Å². The molecule has 4 heteroatoms. The van der Waals surface area contributed by atoms with E-state index in [1.807, 2.05) is 13.8 Å². The van der Waals surface area contributed by atoms with Crippen LogP contribution in [0.2, 0.25) is 0 Å². The molecule has 1 amide bonds. The smallest absolute Gasteiger partial charge is 0.271 e. The molecule has 0 radical (unpaired) electrons. The van der Waals surface area contributed by atoms with E-state index < -0.39 is 0 Å². The van der Waals surface area contributed by atoms with E-state index in [-0.39, 0.29) is 23.8 Å². The van der Waals surface area contributed by atoms with Crippen molar-refractivity contribution in [2.45, 2.75) is 25.8 Å². The van der Waals surface area contributed by atoms with Crippen molar-refractivity contribution in [3.63, 3.8) is 0 Å². The fraction of sp³-hybridized carbons (Fsp3) is 0.455. The molecule has 15 heavy (non-hydrogen) atoms. The summed E-state index contributed by atoms with van der Waals surface area (Å²) in [5, 5.41) is 0. The number of amides is 1. The molecule has 2 heterocycles. The predicted octanol–water partition coefficient (Wildman–Crippen LogP) is 1.21. The summed E-state index contributed by atoms with van der Waals surface area (Å²) in [6.07, 6.45) is 2.15. The molecule has 0 bridgehead atoms. The number of aromatic amines is 1. The Kier molecular flexibility index (Phi) is 2.14. The summed E-state index contributed by atoms with van der Waals surface area (Å²) in [6, 6.07) is 3.50. The van der Waals surface area contributed by atoms with Crippen LogP contribution in [0.5, 0.6) is 0 Å². The Bertz CT molecular complexity index is 393. The van der Waals surface area contributed by atoms with Crippen molar-refractivity contribution in [1.82, 2.24) is 9.88 Å². The number of aromatic nitrogens is 1. The van der Waals surface area contributed by atoms with Crippen LogP contribution in [-0.4, -0.2) is 33.7 Å². The summed E-state index contributed by atoms with van der Waals surface area (Å²) in [5.41, 5.74) is 0.178. The number of nitrogens with one attached hydrogen (secondary N) is 1. The Morgan fingerprint density at radius 3 is 2.73 bits per heavy atom. The van der Waals surface area contributed by atoms with Gasteiger partial charge in [0.15, 0.2) is 5.78 Å². The first-order chi connectivity index (χ1) is 7.00. The number of Topliss-reactive ketones (excluding diaryl/α,β-unsaturated/α-hetero) is 1. The molecule has 0 aliphatic carbocycles. The number of nitrogens with zero attached hydrogens (tertiary/aromatic N) is 1. The number of H-pyrrole nitrogens is 1. The number of rotatable bonds is 1. The van der Waals surface area contributed by atoms with Crippen LogP contribution in [-0.2, 0) is 4.79 Å². The van der Waals surface area contributed by atoms with Crippen LogP contribution in [0.4, 0.5) is 0 Å². The number of ketones is 1. The third-order valence-corrected chi connectivity index (χ3v) is 2.77. The van der Waals surface area contributed by atoms with Gasteiger partial charge in [-0.15, -0.1) is 0 Å². The van der Waals surface area contributed by atoms with Gasteiger partial charge in [-0.1, -0.05) is 0 Å². The summed E-state index contributed by atoms with van der Waals surface area (Å²) >= 11 is 0. The van der Waals surface area contributed by atoms with E-state index in [0.717, 1.165) is 0 Å². The molecule has 1 aliphatic rings. The van der Waals surface area contributed by atoms with Gasteiger partial charge in [0.05, 0.1) is 6.54 Å². The first-order valence-corrected chi connectivity index (χ1v) is 4.98. The molecule has 4 nitrogen and oxygen atoms in total. The van der Waals surface area contributed by atoms with Gasteiger partial charge in [-0.3, -0.25) is 9.59 Å². The quantitative estimate of drug-likeness (QED) is 0.750. The lowest BCUT2D eigenvalue weighted by Gasteiger charge is -2.30. The molecule has 1 aliphatic heterocycles. The number of carbonyl (C=O) groups excluding carboxylic acids is 2. The Balaban J connectivity index is 2.25. The number of hydrogen-bond donors (Lipinski definition) is 1. The molecule has 0 saturated carbocycles. The molecule has 1 aromatic rings. The van der Waals surface area contributed by atoms with Crippen LogP contribution in [0, 0.1) is 0 Å². The Hall–Kier alpha value is -1.58. The first kappa shape index (κ1) is 9.96. The van der Waals surface area contributed by atoms with E-state index >= 15 is 0 Å². The summed E-state index contributed by atoms with van der Waals surface area (Å²) in [7, 11) is 0. The third kappa shape index (κ3) is 1.67. The highest BCUT2D eigenvalue weighted by molar-refractivity contribution is 5.98. The van der Waals surface area contributed by atoms with E-state index in [4.69, 9.17) is 0 Å². The van der Waals surface area contributed by atoms with Crippen molar-refractivity contribution < 1.29 is 9.59 Å². The predicted molar refractivity (Wildman–Crippen MR) is 55.5 cm³/mol. The maximum atomic E-state index is 12.0. The molecule has 1 fully saturated rings. The van der Waals surface area contributed by atoms with Crippen molar-refractivity contribution >= 4 is 11.7 Å². The Labute approximate surface area is 88.3 Å². The zero-order valence-electron chi connectivity index (χ0n) is 8.91. The SMILES string of the molecule is CC1(C)CC(=O)CN1C(=O)c1ccc[nH]1. The number of carbonyl (C=O) groups is 2. The Morgan fingerprint density at radius 1 is 1.53 bits per heavy atom. The topological polar surface area (TPSA) is 53.2 Å². The van der Waals surface area contributed by atoms with Crippen molar-refractivity contribution in [1.29, 1.82) is 0 Å². The van der Waals surface area contributed by atoms with E-state index in [1.54, 1.807) is 23.2 Å². The molecule has 0 unspecified atom stereocenters. The molecular formula is C11H14N2O2. The summed E-state index contributed by atoms with van der Waals surface area (Å²) in [6.45, 7) is 4.06.